The number of piperazine rings is 1. The molecule has 1 fully saturated rings. The van der Waals surface area contributed by atoms with E-state index in [1.807, 2.05) is 43.1 Å². The number of furan rings is 1. The number of rotatable bonds is 4. The van der Waals surface area contributed by atoms with Crippen LogP contribution >= 0.6 is 0 Å². The zero-order valence-corrected chi connectivity index (χ0v) is 13.5. The molecule has 1 aromatic heterocycles. The smallest absolute Gasteiger partial charge is 0.322 e. The van der Waals surface area contributed by atoms with Crippen LogP contribution in [0.2, 0.25) is 0 Å². The molecule has 2 heterocycles. The second kappa shape index (κ2) is 6.56. The largest absolute Gasteiger partial charge is 0.480 e. The minimum atomic E-state index is -0.753. The van der Waals surface area contributed by atoms with Gasteiger partial charge in [-0.15, -0.1) is 0 Å². The average Bonchev–Trinajstić information content (AvgIpc) is 2.96. The Morgan fingerprint density at radius 3 is 2.83 bits per heavy atom. The predicted octanol–water partition coefficient (Wildman–Crippen LogP) is 2.46. The fraction of sp³-hybridized carbons (Fsp3) is 0.389. The summed E-state index contributed by atoms with van der Waals surface area (Å²) >= 11 is 0. The number of carboxylic acid groups (broad SMARTS) is 1. The highest BCUT2D eigenvalue weighted by Crippen LogP contribution is 2.23. The van der Waals surface area contributed by atoms with Crippen molar-refractivity contribution in [1.82, 2.24) is 9.80 Å². The van der Waals surface area contributed by atoms with Crippen molar-refractivity contribution in [2.45, 2.75) is 19.5 Å². The van der Waals surface area contributed by atoms with Gasteiger partial charge in [0.25, 0.3) is 0 Å². The molecule has 0 spiro atoms. The molecule has 2 aromatic rings. The molecule has 122 valence electrons. The van der Waals surface area contributed by atoms with Gasteiger partial charge in [0.2, 0.25) is 0 Å². The van der Waals surface area contributed by atoms with Crippen molar-refractivity contribution < 1.29 is 14.3 Å². The van der Waals surface area contributed by atoms with Gasteiger partial charge in [-0.25, -0.2) is 0 Å². The Bertz CT molecular complexity index is 695. The molecule has 1 N–H and O–H groups in total. The molecular weight excluding hydrogens is 292 g/mol. The second-order valence-corrected chi connectivity index (χ2v) is 6.18. The molecule has 0 amide bonds. The van der Waals surface area contributed by atoms with Crippen LogP contribution in [-0.4, -0.2) is 53.6 Å². The zero-order chi connectivity index (χ0) is 16.4. The summed E-state index contributed by atoms with van der Waals surface area (Å²) in [5.74, 6) is 1.01. The second-order valence-electron chi connectivity index (χ2n) is 6.18. The van der Waals surface area contributed by atoms with E-state index in [4.69, 9.17) is 4.42 Å². The van der Waals surface area contributed by atoms with E-state index in [1.54, 1.807) is 0 Å². The Labute approximate surface area is 136 Å². The number of carbonyl (C=O) groups is 1. The van der Waals surface area contributed by atoms with Crippen LogP contribution in [0.15, 0.2) is 40.8 Å². The van der Waals surface area contributed by atoms with Gasteiger partial charge >= 0.3 is 5.97 Å². The lowest BCUT2D eigenvalue weighted by Gasteiger charge is -2.37. The molecule has 1 aliphatic rings. The van der Waals surface area contributed by atoms with Gasteiger partial charge in [0.1, 0.15) is 17.6 Å². The molecule has 3 rings (SSSR count). The molecule has 0 radical (unpaired) electrons. The maximum Gasteiger partial charge on any atom is 0.322 e. The SMILES string of the molecule is Cc1ccc(-c2cccc(CN3CCN(C)C(C(=O)O)C3)c2)o1. The quantitative estimate of drug-likeness (QED) is 0.939. The molecule has 0 bridgehead atoms. The first-order chi connectivity index (χ1) is 11.0. The van der Waals surface area contributed by atoms with Crippen LogP contribution < -0.4 is 0 Å². The van der Waals surface area contributed by atoms with Gasteiger partial charge in [0.15, 0.2) is 0 Å². The third-order valence-corrected chi connectivity index (χ3v) is 4.38. The molecule has 1 aliphatic heterocycles. The first-order valence-corrected chi connectivity index (χ1v) is 7.84. The summed E-state index contributed by atoms with van der Waals surface area (Å²) in [5, 5.41) is 9.31. The third kappa shape index (κ3) is 3.63. The van der Waals surface area contributed by atoms with Crippen molar-refractivity contribution in [1.29, 1.82) is 0 Å². The van der Waals surface area contributed by atoms with Crippen molar-refractivity contribution >= 4 is 5.97 Å². The Kier molecular flexibility index (Phi) is 4.50. The van der Waals surface area contributed by atoms with Crippen LogP contribution in [0, 0.1) is 6.92 Å². The van der Waals surface area contributed by atoms with Gasteiger partial charge in [-0.2, -0.15) is 0 Å². The molecule has 0 aliphatic carbocycles. The number of hydrogen-bond donors (Lipinski definition) is 1. The highest BCUT2D eigenvalue weighted by Gasteiger charge is 2.29. The molecule has 5 nitrogen and oxygen atoms in total. The third-order valence-electron chi connectivity index (χ3n) is 4.38. The van der Waals surface area contributed by atoms with Crippen molar-refractivity contribution in [3.63, 3.8) is 0 Å². The van der Waals surface area contributed by atoms with E-state index in [0.29, 0.717) is 6.54 Å². The summed E-state index contributed by atoms with van der Waals surface area (Å²) in [6.07, 6.45) is 0. The van der Waals surface area contributed by atoms with E-state index < -0.39 is 12.0 Å². The summed E-state index contributed by atoms with van der Waals surface area (Å²) in [5.41, 5.74) is 2.23. The van der Waals surface area contributed by atoms with Gasteiger partial charge in [-0.1, -0.05) is 18.2 Å². The maximum absolute atomic E-state index is 11.3. The van der Waals surface area contributed by atoms with Crippen LogP contribution in [0.5, 0.6) is 0 Å². The fourth-order valence-electron chi connectivity index (χ4n) is 3.01. The normalized spacial score (nSPS) is 19.8. The van der Waals surface area contributed by atoms with Crippen LogP contribution in [-0.2, 0) is 11.3 Å². The monoisotopic (exact) mass is 314 g/mol. The summed E-state index contributed by atoms with van der Waals surface area (Å²) < 4.78 is 5.68. The lowest BCUT2D eigenvalue weighted by atomic mass is 10.1. The minimum Gasteiger partial charge on any atom is -0.480 e. The highest BCUT2D eigenvalue weighted by molar-refractivity contribution is 5.73. The Morgan fingerprint density at radius 2 is 2.13 bits per heavy atom. The van der Waals surface area contributed by atoms with Gasteiger partial charge in [-0.05, 0) is 37.7 Å². The zero-order valence-electron chi connectivity index (χ0n) is 13.5. The van der Waals surface area contributed by atoms with Gasteiger partial charge in [0.05, 0.1) is 0 Å². The lowest BCUT2D eigenvalue weighted by molar-refractivity contribution is -0.145. The van der Waals surface area contributed by atoms with Crippen LogP contribution in [0.4, 0.5) is 0 Å². The number of carboxylic acids is 1. The molecular formula is C18H22N2O3. The summed E-state index contributed by atoms with van der Waals surface area (Å²) in [6, 6.07) is 11.8. The molecule has 5 heteroatoms. The first kappa shape index (κ1) is 15.8. The average molecular weight is 314 g/mol. The van der Waals surface area contributed by atoms with Gasteiger partial charge in [0, 0.05) is 31.7 Å². The molecule has 1 aromatic carbocycles. The number of hydrogen-bond acceptors (Lipinski definition) is 4. The van der Waals surface area contributed by atoms with Crippen LogP contribution in [0.25, 0.3) is 11.3 Å². The van der Waals surface area contributed by atoms with Crippen LogP contribution in [0.3, 0.4) is 0 Å². The number of likely N-dealkylation sites (N-methyl/N-ethyl adjacent to an activating group) is 1. The van der Waals surface area contributed by atoms with E-state index in [9.17, 15) is 9.90 Å². The molecule has 1 atom stereocenters. The summed E-state index contributed by atoms with van der Waals surface area (Å²) in [4.78, 5) is 15.4. The molecule has 23 heavy (non-hydrogen) atoms. The van der Waals surface area contributed by atoms with Crippen LogP contribution in [0.1, 0.15) is 11.3 Å². The number of benzene rings is 1. The van der Waals surface area contributed by atoms with E-state index in [0.717, 1.165) is 36.7 Å². The number of nitrogens with zero attached hydrogens (tertiary/aromatic N) is 2. The standard InChI is InChI=1S/C18H22N2O3/c1-13-6-7-17(23-13)15-5-3-4-14(10-15)11-20-9-8-19(2)16(12-20)18(21)22/h3-7,10,16H,8-9,11-12H2,1-2H3,(H,21,22). The topological polar surface area (TPSA) is 56.9 Å². The summed E-state index contributed by atoms with van der Waals surface area (Å²) in [6.45, 7) is 4.89. The van der Waals surface area contributed by atoms with Gasteiger partial charge in [-0.3, -0.25) is 14.6 Å². The lowest BCUT2D eigenvalue weighted by Crippen LogP contribution is -2.54. The minimum absolute atomic E-state index is 0.431. The predicted molar refractivity (Wildman–Crippen MR) is 88.2 cm³/mol. The van der Waals surface area contributed by atoms with Crippen molar-refractivity contribution in [2.24, 2.45) is 0 Å². The molecule has 1 unspecified atom stereocenters. The first-order valence-electron chi connectivity index (χ1n) is 7.84. The Hall–Kier alpha value is -2.11. The highest BCUT2D eigenvalue weighted by atomic mass is 16.4. The molecule has 1 saturated heterocycles. The Morgan fingerprint density at radius 1 is 1.30 bits per heavy atom. The summed E-state index contributed by atoms with van der Waals surface area (Å²) in [7, 11) is 1.87. The molecule has 0 saturated carbocycles. The van der Waals surface area contributed by atoms with E-state index in [1.165, 1.54) is 5.56 Å². The van der Waals surface area contributed by atoms with E-state index in [2.05, 4.69) is 17.0 Å². The van der Waals surface area contributed by atoms with Crippen molar-refractivity contribution in [3.05, 3.63) is 47.7 Å². The number of aryl methyl sites for hydroxylation is 1. The Balaban J connectivity index is 1.72. The van der Waals surface area contributed by atoms with Crippen molar-refractivity contribution in [3.8, 4) is 11.3 Å². The van der Waals surface area contributed by atoms with E-state index >= 15 is 0 Å². The maximum atomic E-state index is 11.3. The number of aliphatic carboxylic acids is 1. The van der Waals surface area contributed by atoms with E-state index in [-0.39, 0.29) is 0 Å². The van der Waals surface area contributed by atoms with Gasteiger partial charge < -0.3 is 9.52 Å². The fourth-order valence-corrected chi connectivity index (χ4v) is 3.01. The van der Waals surface area contributed by atoms with Crippen molar-refractivity contribution in [2.75, 3.05) is 26.7 Å².